The van der Waals surface area contributed by atoms with Gasteiger partial charge < -0.3 is 9.47 Å². The number of ether oxygens (including phenoxy) is 2. The Balaban J connectivity index is 2.27. The molecule has 0 heterocycles. The summed E-state index contributed by atoms with van der Waals surface area (Å²) in [6.45, 7) is -0.423. The van der Waals surface area contributed by atoms with Gasteiger partial charge in [0.15, 0.2) is 0 Å². The zero-order valence-electron chi connectivity index (χ0n) is 20.2. The molecule has 0 aromatic heterocycles. The molecule has 0 unspecified atom stereocenters. The van der Waals surface area contributed by atoms with Crippen LogP contribution in [0.4, 0.5) is 26.3 Å². The van der Waals surface area contributed by atoms with E-state index in [0.29, 0.717) is 5.56 Å². The number of alkyl halides is 6. The lowest BCUT2D eigenvalue weighted by Gasteiger charge is -2.36. The Morgan fingerprint density at radius 2 is 1.21 bits per heavy atom. The quantitative estimate of drug-likeness (QED) is 0.336. The third-order valence-corrected chi connectivity index (χ3v) is 7.10. The Bertz CT molecular complexity index is 1270. The number of nitrogens with zero attached hydrogens (tertiary/aromatic N) is 1. The summed E-state index contributed by atoms with van der Waals surface area (Å²) in [6.07, 6.45) is -10.0. The van der Waals surface area contributed by atoms with E-state index in [1.807, 2.05) is 0 Å². The average molecular weight is 563 g/mol. The molecule has 0 amide bonds. The number of hydrogen-bond donors (Lipinski definition) is 1. The summed E-state index contributed by atoms with van der Waals surface area (Å²) in [7, 11) is -1.51. The minimum atomic E-state index is -5.01. The van der Waals surface area contributed by atoms with Crippen molar-refractivity contribution < 1.29 is 44.2 Å². The van der Waals surface area contributed by atoms with Gasteiger partial charge in [-0.15, -0.1) is 26.3 Å². The lowest BCUT2D eigenvalue weighted by molar-refractivity contribution is -0.275. The maximum Gasteiger partial charge on any atom is 0.573 e. The van der Waals surface area contributed by atoms with Crippen LogP contribution in [0.5, 0.6) is 11.5 Å². The van der Waals surface area contributed by atoms with Gasteiger partial charge in [0.1, 0.15) is 11.5 Å². The summed E-state index contributed by atoms with van der Waals surface area (Å²) in [6, 6.07) is 18.3. The summed E-state index contributed by atoms with van der Waals surface area (Å²) in [5.74, 6) is -1.16. The smallest absolute Gasteiger partial charge is 0.406 e. The van der Waals surface area contributed by atoms with E-state index >= 15 is 0 Å². The van der Waals surface area contributed by atoms with Crippen molar-refractivity contribution in [2.45, 2.75) is 24.6 Å². The third kappa shape index (κ3) is 7.85. The molecule has 206 valence electrons. The van der Waals surface area contributed by atoms with E-state index in [1.165, 1.54) is 38.4 Å². The monoisotopic (exact) mass is 562 g/mol. The molecular weight excluding hydrogens is 538 g/mol. The molecule has 1 N–H and O–H groups in total. The summed E-state index contributed by atoms with van der Waals surface area (Å²) in [4.78, 5) is 0. The van der Waals surface area contributed by atoms with Crippen molar-refractivity contribution in [1.29, 1.82) is 0 Å². The molecule has 3 rings (SSSR count). The number of hydrogen-bond acceptors (Lipinski definition) is 4. The molecule has 0 fully saturated rings. The first kappa shape index (κ1) is 29.3. The summed E-state index contributed by atoms with van der Waals surface area (Å²) >= 11 is 0. The van der Waals surface area contributed by atoms with Crippen LogP contribution in [0.15, 0.2) is 78.9 Å². The van der Waals surface area contributed by atoms with Crippen LogP contribution in [0.3, 0.4) is 0 Å². The lowest BCUT2D eigenvalue weighted by Crippen LogP contribution is -2.46. The Kier molecular flexibility index (Phi) is 8.64. The molecule has 0 atom stereocenters. The van der Waals surface area contributed by atoms with Crippen LogP contribution in [0.2, 0.25) is 0 Å². The van der Waals surface area contributed by atoms with E-state index in [4.69, 9.17) is 0 Å². The molecular formula is C25H24F6N2O4S. The molecule has 0 saturated carbocycles. The second-order valence-electron chi connectivity index (χ2n) is 8.50. The van der Waals surface area contributed by atoms with E-state index in [9.17, 15) is 34.8 Å². The van der Waals surface area contributed by atoms with Crippen LogP contribution in [-0.4, -0.2) is 46.1 Å². The molecule has 0 aliphatic carbocycles. The van der Waals surface area contributed by atoms with E-state index in [0.717, 1.165) is 28.6 Å². The third-order valence-electron chi connectivity index (χ3n) is 5.63. The standard InChI is InChI=1S/C25H24F6N2O4S/c1-33(2)38(34,35)32-17-23(16-18-8-4-3-5-9-18,19-10-6-12-21(14-19)36-24(26,27)28)20-11-7-13-22(15-20)37-25(29,30)31/h3-15,32H,16-17H2,1-2H3. The predicted molar refractivity (Wildman–Crippen MR) is 128 cm³/mol. The minimum absolute atomic E-state index is 0.00523. The highest BCUT2D eigenvalue weighted by molar-refractivity contribution is 7.87. The zero-order chi connectivity index (χ0) is 28.2. The Morgan fingerprint density at radius 1 is 0.737 bits per heavy atom. The Hall–Kier alpha value is -3.29. The molecule has 3 aromatic rings. The van der Waals surface area contributed by atoms with Gasteiger partial charge in [0.25, 0.3) is 10.2 Å². The van der Waals surface area contributed by atoms with Gasteiger partial charge in [-0.25, -0.2) is 4.72 Å². The van der Waals surface area contributed by atoms with Gasteiger partial charge in [0.2, 0.25) is 0 Å². The first-order valence-corrected chi connectivity index (χ1v) is 12.5. The van der Waals surface area contributed by atoms with Gasteiger partial charge in [0.05, 0.1) is 0 Å². The van der Waals surface area contributed by atoms with Crippen molar-refractivity contribution in [3.8, 4) is 11.5 Å². The van der Waals surface area contributed by atoms with E-state index < -0.39 is 46.4 Å². The highest BCUT2D eigenvalue weighted by atomic mass is 32.2. The van der Waals surface area contributed by atoms with Crippen molar-refractivity contribution in [3.05, 3.63) is 95.6 Å². The Labute approximate surface area is 216 Å². The van der Waals surface area contributed by atoms with E-state index in [2.05, 4.69) is 14.2 Å². The second kappa shape index (κ2) is 11.2. The number of rotatable bonds is 10. The SMILES string of the molecule is CN(C)S(=O)(=O)NCC(Cc1ccccc1)(c1cccc(OC(F)(F)F)c1)c1cccc(OC(F)(F)F)c1. The van der Waals surface area contributed by atoms with E-state index in [-0.39, 0.29) is 17.5 Å². The van der Waals surface area contributed by atoms with Gasteiger partial charge >= 0.3 is 12.7 Å². The van der Waals surface area contributed by atoms with Crippen LogP contribution in [0.25, 0.3) is 0 Å². The topological polar surface area (TPSA) is 67.9 Å². The van der Waals surface area contributed by atoms with Crippen molar-refractivity contribution in [1.82, 2.24) is 9.03 Å². The fourth-order valence-electron chi connectivity index (χ4n) is 3.91. The highest BCUT2D eigenvalue weighted by Crippen LogP contribution is 2.40. The van der Waals surface area contributed by atoms with Gasteiger partial charge in [0, 0.05) is 26.1 Å². The number of halogens is 6. The number of nitrogens with one attached hydrogen (secondary N) is 1. The van der Waals surface area contributed by atoms with Crippen molar-refractivity contribution in [2.24, 2.45) is 0 Å². The molecule has 6 nitrogen and oxygen atoms in total. The fourth-order valence-corrected chi connectivity index (χ4v) is 4.59. The normalized spacial score (nSPS) is 13.0. The molecule has 38 heavy (non-hydrogen) atoms. The fraction of sp³-hybridized carbons (Fsp3) is 0.280. The summed E-state index contributed by atoms with van der Waals surface area (Å²) in [5, 5.41) is 0. The predicted octanol–water partition coefficient (Wildman–Crippen LogP) is 5.41. The highest BCUT2D eigenvalue weighted by Gasteiger charge is 2.39. The van der Waals surface area contributed by atoms with Crippen molar-refractivity contribution in [2.75, 3.05) is 20.6 Å². The molecule has 0 aliphatic rings. The maximum absolute atomic E-state index is 13.0. The first-order valence-electron chi connectivity index (χ1n) is 11.0. The van der Waals surface area contributed by atoms with E-state index in [1.54, 1.807) is 30.3 Å². The van der Waals surface area contributed by atoms with Crippen molar-refractivity contribution >= 4 is 10.2 Å². The van der Waals surface area contributed by atoms with Gasteiger partial charge in [-0.3, -0.25) is 0 Å². The molecule has 0 saturated heterocycles. The maximum atomic E-state index is 13.0. The van der Waals surface area contributed by atoms with Crippen LogP contribution in [-0.2, 0) is 22.0 Å². The van der Waals surface area contributed by atoms with Gasteiger partial charge in [-0.1, -0.05) is 54.6 Å². The van der Waals surface area contributed by atoms with Crippen LogP contribution >= 0.6 is 0 Å². The minimum Gasteiger partial charge on any atom is -0.406 e. The van der Waals surface area contributed by atoms with Gasteiger partial charge in [-0.2, -0.15) is 12.7 Å². The molecule has 0 radical (unpaired) electrons. The lowest BCUT2D eigenvalue weighted by atomic mass is 9.70. The molecule has 13 heteroatoms. The molecule has 0 spiro atoms. The summed E-state index contributed by atoms with van der Waals surface area (Å²) in [5.41, 5.74) is -0.538. The number of benzene rings is 3. The van der Waals surface area contributed by atoms with Crippen LogP contribution in [0, 0.1) is 0 Å². The van der Waals surface area contributed by atoms with Crippen LogP contribution in [0.1, 0.15) is 16.7 Å². The Morgan fingerprint density at radius 3 is 1.63 bits per heavy atom. The summed E-state index contributed by atoms with van der Waals surface area (Å²) < 4.78 is 115. The van der Waals surface area contributed by atoms with Crippen LogP contribution < -0.4 is 14.2 Å². The average Bonchev–Trinajstić information content (AvgIpc) is 2.80. The molecule has 0 aliphatic heterocycles. The molecule has 3 aromatic carbocycles. The largest absolute Gasteiger partial charge is 0.573 e. The zero-order valence-corrected chi connectivity index (χ0v) is 21.0. The first-order chi connectivity index (χ1) is 17.6. The van der Waals surface area contributed by atoms with Gasteiger partial charge in [-0.05, 0) is 47.4 Å². The second-order valence-corrected chi connectivity index (χ2v) is 10.5. The molecule has 0 bridgehead atoms. The van der Waals surface area contributed by atoms with Crippen molar-refractivity contribution in [3.63, 3.8) is 0 Å².